The topological polar surface area (TPSA) is 59.0 Å². The van der Waals surface area contributed by atoms with Crippen LogP contribution in [0.2, 0.25) is 18.6 Å². The van der Waals surface area contributed by atoms with E-state index in [-0.39, 0.29) is 18.4 Å². The molecule has 2 aromatic rings. The zero-order valence-electron chi connectivity index (χ0n) is 18.8. The molecule has 2 aliphatic heterocycles. The van der Waals surface area contributed by atoms with Crippen molar-refractivity contribution >= 4 is 42.6 Å². The minimum absolute atomic E-state index is 0.111. The van der Waals surface area contributed by atoms with Crippen LogP contribution in [0.3, 0.4) is 0 Å². The van der Waals surface area contributed by atoms with Gasteiger partial charge in [0.2, 0.25) is 8.41 Å². The van der Waals surface area contributed by atoms with Gasteiger partial charge in [-0.2, -0.15) is 0 Å². The fourth-order valence-corrected chi connectivity index (χ4v) is 8.68. The number of carbonyl (C=O) groups excluding carboxylic acids is 1. The van der Waals surface area contributed by atoms with E-state index >= 15 is 4.11 Å². The number of benzene rings is 2. The number of carbonyl (C=O) groups is 1. The van der Waals surface area contributed by atoms with Crippen LogP contribution in [0.1, 0.15) is 24.5 Å². The van der Waals surface area contributed by atoms with Gasteiger partial charge in [0.05, 0.1) is 25.4 Å². The van der Waals surface area contributed by atoms with E-state index in [0.29, 0.717) is 18.7 Å². The molecule has 32 heavy (non-hydrogen) atoms. The largest absolute Gasteiger partial charge is 0.497 e. The predicted octanol–water partition coefficient (Wildman–Crippen LogP) is 5.00. The van der Waals surface area contributed by atoms with Gasteiger partial charge in [-0.15, -0.1) is 0 Å². The average Bonchev–Trinajstić information content (AvgIpc) is 3.15. The van der Waals surface area contributed by atoms with Gasteiger partial charge in [0.1, 0.15) is 5.75 Å². The van der Waals surface area contributed by atoms with Crippen molar-refractivity contribution in [3.63, 3.8) is 0 Å². The summed E-state index contributed by atoms with van der Waals surface area (Å²) in [5.74, 6) is 0.0857. The number of amides is 1. The molecule has 0 bridgehead atoms. The van der Waals surface area contributed by atoms with Crippen molar-refractivity contribution in [1.82, 2.24) is 0 Å². The molecule has 4 atom stereocenters. The van der Waals surface area contributed by atoms with Crippen molar-refractivity contribution in [2.75, 3.05) is 18.6 Å². The maximum Gasteiger partial charge on any atom is 0.264 e. The van der Waals surface area contributed by atoms with E-state index in [1.165, 1.54) is 0 Å². The van der Waals surface area contributed by atoms with Gasteiger partial charge < -0.3 is 23.6 Å². The van der Waals surface area contributed by atoms with Crippen molar-refractivity contribution in [3.8, 4) is 5.75 Å². The Morgan fingerprint density at radius 2 is 2.03 bits per heavy atom. The third-order valence-electron chi connectivity index (χ3n) is 6.81. The van der Waals surface area contributed by atoms with Crippen LogP contribution >= 0.6 is 22.6 Å². The van der Waals surface area contributed by atoms with E-state index in [1.807, 2.05) is 43.3 Å². The molecule has 172 valence electrons. The molecule has 4 rings (SSSR count). The predicted molar refractivity (Wildman–Crippen MR) is 133 cm³/mol. The molecule has 2 heterocycles. The summed E-state index contributed by atoms with van der Waals surface area (Å²) in [5, 5.41) is 9.64. The number of hydrogen-bond donors (Lipinski definition) is 1. The first-order valence-electron chi connectivity index (χ1n) is 10.9. The maximum absolute atomic E-state index is 15.5. The lowest BCUT2D eigenvalue weighted by Crippen LogP contribution is -2.45. The summed E-state index contributed by atoms with van der Waals surface area (Å²) < 4.78 is 28.6. The van der Waals surface area contributed by atoms with E-state index in [9.17, 15) is 9.90 Å². The number of aliphatic hydroxyl groups is 1. The molecule has 2 aromatic carbocycles. The van der Waals surface area contributed by atoms with E-state index in [1.54, 1.807) is 25.1 Å². The van der Waals surface area contributed by atoms with Crippen LogP contribution in [0, 0.1) is 9.49 Å². The van der Waals surface area contributed by atoms with Gasteiger partial charge >= 0.3 is 0 Å². The number of rotatable bonds is 6. The average molecular weight is 569 g/mol. The lowest BCUT2D eigenvalue weighted by molar-refractivity contribution is -0.146. The first-order chi connectivity index (χ1) is 15.1. The Morgan fingerprint density at radius 1 is 1.28 bits per heavy atom. The van der Waals surface area contributed by atoms with E-state index < -0.39 is 25.7 Å². The summed E-state index contributed by atoms with van der Waals surface area (Å²) in [5.41, 5.74) is 0.813. The molecule has 1 amide bonds. The molecule has 1 fully saturated rings. The van der Waals surface area contributed by atoms with Crippen molar-refractivity contribution in [2.24, 2.45) is 5.92 Å². The second kappa shape index (κ2) is 8.70. The Morgan fingerprint density at radius 3 is 2.66 bits per heavy atom. The van der Waals surface area contributed by atoms with Gasteiger partial charge in [-0.25, -0.2) is 0 Å². The van der Waals surface area contributed by atoms with Crippen LogP contribution in [0.25, 0.3) is 0 Å². The van der Waals surface area contributed by atoms with Crippen LogP contribution in [0.5, 0.6) is 5.75 Å². The normalized spacial score (nSPS) is 27.3. The first-order valence-corrected chi connectivity index (χ1v) is 14.9. The number of anilines is 1. The Kier molecular flexibility index (Phi) is 6.43. The molecule has 2 aliphatic rings. The van der Waals surface area contributed by atoms with E-state index in [0.717, 1.165) is 20.4 Å². The lowest BCUT2D eigenvalue weighted by Gasteiger charge is -2.31. The third-order valence-corrected chi connectivity index (χ3v) is 9.94. The van der Waals surface area contributed by atoms with Gasteiger partial charge in [0, 0.05) is 27.2 Å². The second-order valence-electron chi connectivity index (χ2n) is 9.19. The van der Waals surface area contributed by atoms with Crippen LogP contribution in [-0.4, -0.2) is 39.2 Å². The fourth-order valence-electron chi connectivity index (χ4n) is 5.53. The number of ether oxygens (including phenoxy) is 2. The van der Waals surface area contributed by atoms with Crippen molar-refractivity contribution in [2.45, 2.75) is 50.2 Å². The Hall–Kier alpha value is -1.49. The Balaban J connectivity index is 1.85. The zero-order chi connectivity index (χ0) is 23.3. The highest BCUT2D eigenvalue weighted by atomic mass is 127. The number of nitrogens with zero attached hydrogens (tertiary/aromatic N) is 1. The minimum atomic E-state index is -3.20. The summed E-state index contributed by atoms with van der Waals surface area (Å²) in [6.07, 6.45) is -0.206. The summed E-state index contributed by atoms with van der Waals surface area (Å²) in [7, 11) is -1.61. The maximum atomic E-state index is 15.5. The number of fused-ring (bicyclic) bond motifs is 2. The number of hydrogen-bond acceptors (Lipinski definition) is 4. The quantitative estimate of drug-likeness (QED) is 0.302. The smallest absolute Gasteiger partial charge is 0.264 e. The Bertz CT molecular complexity index is 1030. The van der Waals surface area contributed by atoms with Crippen molar-refractivity contribution < 1.29 is 23.5 Å². The highest BCUT2D eigenvalue weighted by Gasteiger charge is 2.66. The van der Waals surface area contributed by atoms with Crippen LogP contribution in [0.4, 0.5) is 9.80 Å². The highest BCUT2D eigenvalue weighted by Crippen LogP contribution is 2.60. The zero-order valence-corrected chi connectivity index (χ0v) is 21.9. The number of halogens is 2. The van der Waals surface area contributed by atoms with E-state index in [2.05, 4.69) is 28.7 Å². The molecule has 0 aromatic heterocycles. The van der Waals surface area contributed by atoms with Crippen LogP contribution in [-0.2, 0) is 21.7 Å². The van der Waals surface area contributed by atoms with E-state index in [4.69, 9.17) is 9.47 Å². The standard InChI is InChI=1S/C24H29FINO4Si/c1-15-22(32(3,4)25)21(10-11-28)31-24(15)19-13-18(30-2)8-9-20(19)27(23(24)29)14-16-6-5-7-17(26)12-16/h5-9,12-13,15,21-22,28H,10-11,14H2,1-4H3/t15-,21+,22-,24+/m1/s1. The number of methoxy groups -OCH3 is 1. The summed E-state index contributed by atoms with van der Waals surface area (Å²) in [6, 6.07) is 13.6. The second-order valence-corrected chi connectivity index (χ2v) is 14.2. The van der Waals surface area contributed by atoms with Gasteiger partial charge in [-0.05, 0) is 78.0 Å². The molecule has 0 saturated carbocycles. The molecule has 8 heteroatoms. The molecule has 0 radical (unpaired) electrons. The SMILES string of the molecule is COc1ccc2c(c1)[C@]1(O[C@@H](CCO)[C@H]([Si](C)(C)F)[C@H]1C)C(=O)N2Cc1cccc(I)c1. The molecule has 1 N–H and O–H groups in total. The van der Waals surface area contributed by atoms with Gasteiger partial charge in [-0.1, -0.05) is 19.1 Å². The molecule has 1 saturated heterocycles. The number of aliphatic hydroxyl groups excluding tert-OH is 1. The van der Waals surface area contributed by atoms with Gasteiger partial charge in [-0.3, -0.25) is 4.79 Å². The fraction of sp³-hybridized carbons (Fsp3) is 0.458. The lowest BCUT2D eigenvalue weighted by atomic mass is 9.82. The highest BCUT2D eigenvalue weighted by molar-refractivity contribution is 14.1. The Labute approximate surface area is 203 Å². The van der Waals surface area contributed by atoms with Crippen molar-refractivity contribution in [3.05, 3.63) is 57.2 Å². The molecule has 1 spiro atoms. The van der Waals surface area contributed by atoms with Crippen LogP contribution < -0.4 is 9.64 Å². The molecular weight excluding hydrogens is 540 g/mol. The molecule has 0 aliphatic carbocycles. The summed E-state index contributed by atoms with van der Waals surface area (Å²) >= 11 is 2.26. The molecule has 0 unspecified atom stereocenters. The minimum Gasteiger partial charge on any atom is -0.497 e. The van der Waals surface area contributed by atoms with Crippen LogP contribution in [0.15, 0.2) is 42.5 Å². The van der Waals surface area contributed by atoms with Gasteiger partial charge in [0.25, 0.3) is 5.91 Å². The molecular formula is C24H29FINO4Si. The monoisotopic (exact) mass is 569 g/mol. The molecule has 5 nitrogen and oxygen atoms in total. The van der Waals surface area contributed by atoms with Gasteiger partial charge in [0.15, 0.2) is 5.60 Å². The summed E-state index contributed by atoms with van der Waals surface area (Å²) in [6.45, 7) is 5.54. The summed E-state index contributed by atoms with van der Waals surface area (Å²) in [4.78, 5) is 15.8. The first kappa shape index (κ1) is 23.7. The third kappa shape index (κ3) is 3.78. The van der Waals surface area contributed by atoms with Crippen molar-refractivity contribution in [1.29, 1.82) is 0 Å².